The first-order chi connectivity index (χ1) is 13.7. The summed E-state index contributed by atoms with van der Waals surface area (Å²) < 4.78 is 0. The molecule has 1 aliphatic heterocycles. The van der Waals surface area contributed by atoms with Crippen LogP contribution in [-0.4, -0.2) is 23.8 Å². The van der Waals surface area contributed by atoms with Crippen molar-refractivity contribution in [1.82, 2.24) is 16.0 Å². The largest absolute Gasteiger partial charge is 0.348 e. The lowest BCUT2D eigenvalue weighted by Gasteiger charge is -2.21. The van der Waals surface area contributed by atoms with Crippen LogP contribution in [0.15, 0.2) is 42.5 Å². The molecule has 2 aromatic carbocycles. The number of amides is 5. The summed E-state index contributed by atoms with van der Waals surface area (Å²) >= 11 is 0. The molecule has 8 heteroatoms. The molecule has 1 saturated heterocycles. The van der Waals surface area contributed by atoms with Crippen molar-refractivity contribution in [2.45, 2.75) is 32.9 Å². The number of urea groups is 1. The zero-order valence-corrected chi connectivity index (χ0v) is 16.4. The van der Waals surface area contributed by atoms with Crippen molar-refractivity contribution in [3.8, 4) is 0 Å². The van der Waals surface area contributed by atoms with Gasteiger partial charge in [-0.05, 0) is 42.7 Å². The molecule has 0 radical (unpaired) electrons. The van der Waals surface area contributed by atoms with Gasteiger partial charge in [-0.1, -0.05) is 30.3 Å². The molecule has 0 spiro atoms. The molecule has 0 saturated carbocycles. The van der Waals surface area contributed by atoms with Gasteiger partial charge in [-0.15, -0.1) is 0 Å². The molecule has 1 unspecified atom stereocenters. The van der Waals surface area contributed by atoms with Crippen molar-refractivity contribution in [2.24, 2.45) is 0 Å². The number of hydrogen-bond acceptors (Lipinski definition) is 4. The SMILES string of the molecule is CC(=O)Nc1cc(C(=O)NCc2ccc(C3(C)NC(=O)NC3=O)cc2)ccc1C. The van der Waals surface area contributed by atoms with Gasteiger partial charge in [-0.3, -0.25) is 19.7 Å². The number of aryl methyl sites for hydroxylation is 1. The van der Waals surface area contributed by atoms with E-state index in [-0.39, 0.29) is 18.4 Å². The summed E-state index contributed by atoms with van der Waals surface area (Å²) in [5.74, 6) is -0.875. The summed E-state index contributed by atoms with van der Waals surface area (Å²) in [5, 5.41) is 10.4. The quantitative estimate of drug-likeness (QED) is 0.580. The fourth-order valence-electron chi connectivity index (χ4n) is 3.07. The molecule has 0 bridgehead atoms. The zero-order chi connectivity index (χ0) is 21.2. The van der Waals surface area contributed by atoms with E-state index in [9.17, 15) is 19.2 Å². The average Bonchev–Trinajstić information content (AvgIpc) is 2.94. The predicted molar refractivity (Wildman–Crippen MR) is 107 cm³/mol. The topological polar surface area (TPSA) is 116 Å². The lowest BCUT2D eigenvalue weighted by Crippen LogP contribution is -2.40. The van der Waals surface area contributed by atoms with Crippen LogP contribution < -0.4 is 21.3 Å². The number of imide groups is 1. The third-order valence-electron chi connectivity index (χ3n) is 4.84. The van der Waals surface area contributed by atoms with Gasteiger partial charge in [0, 0.05) is 24.7 Å². The minimum Gasteiger partial charge on any atom is -0.348 e. The summed E-state index contributed by atoms with van der Waals surface area (Å²) in [4.78, 5) is 47.1. The Bertz CT molecular complexity index is 1000. The van der Waals surface area contributed by atoms with Crippen LogP contribution in [0, 0.1) is 6.92 Å². The van der Waals surface area contributed by atoms with Crippen molar-refractivity contribution in [3.05, 3.63) is 64.7 Å². The normalized spacial score (nSPS) is 18.0. The fourth-order valence-corrected chi connectivity index (χ4v) is 3.07. The second-order valence-corrected chi connectivity index (χ2v) is 7.12. The van der Waals surface area contributed by atoms with Crippen LogP contribution in [0.25, 0.3) is 0 Å². The highest BCUT2D eigenvalue weighted by Crippen LogP contribution is 2.24. The number of rotatable bonds is 5. The lowest BCUT2D eigenvalue weighted by atomic mass is 9.91. The molecular weight excluding hydrogens is 372 g/mol. The predicted octanol–water partition coefficient (Wildman–Crippen LogP) is 1.94. The zero-order valence-electron chi connectivity index (χ0n) is 16.4. The first kappa shape index (κ1) is 20.1. The maximum atomic E-state index is 12.4. The third-order valence-corrected chi connectivity index (χ3v) is 4.84. The maximum Gasteiger partial charge on any atom is 0.322 e. The molecular formula is C21H22N4O4. The molecule has 1 aliphatic rings. The molecule has 1 atom stereocenters. The Morgan fingerprint density at radius 1 is 1.07 bits per heavy atom. The van der Waals surface area contributed by atoms with E-state index in [0.29, 0.717) is 16.8 Å². The Labute approximate surface area is 168 Å². The Morgan fingerprint density at radius 2 is 1.76 bits per heavy atom. The summed E-state index contributed by atoms with van der Waals surface area (Å²) in [6.07, 6.45) is 0. The van der Waals surface area contributed by atoms with Crippen LogP contribution in [0.5, 0.6) is 0 Å². The van der Waals surface area contributed by atoms with Crippen molar-refractivity contribution in [2.75, 3.05) is 5.32 Å². The second kappa shape index (κ2) is 7.75. The maximum absolute atomic E-state index is 12.4. The summed E-state index contributed by atoms with van der Waals surface area (Å²) in [6, 6.07) is 11.6. The minimum absolute atomic E-state index is 0.202. The van der Waals surface area contributed by atoms with Crippen LogP contribution >= 0.6 is 0 Å². The number of nitrogens with one attached hydrogen (secondary N) is 4. The minimum atomic E-state index is -1.11. The molecule has 0 aromatic heterocycles. The van der Waals surface area contributed by atoms with Crippen molar-refractivity contribution >= 4 is 29.4 Å². The highest BCUT2D eigenvalue weighted by atomic mass is 16.2. The highest BCUT2D eigenvalue weighted by molar-refractivity contribution is 6.07. The van der Waals surface area contributed by atoms with Crippen LogP contribution in [0.2, 0.25) is 0 Å². The van der Waals surface area contributed by atoms with Crippen LogP contribution in [0.1, 0.15) is 40.9 Å². The van der Waals surface area contributed by atoms with Crippen molar-refractivity contribution < 1.29 is 19.2 Å². The molecule has 29 heavy (non-hydrogen) atoms. The van der Waals surface area contributed by atoms with Crippen molar-refractivity contribution in [3.63, 3.8) is 0 Å². The molecule has 5 amide bonds. The molecule has 8 nitrogen and oxygen atoms in total. The smallest absolute Gasteiger partial charge is 0.322 e. The fraction of sp³-hybridized carbons (Fsp3) is 0.238. The van der Waals surface area contributed by atoms with Gasteiger partial charge >= 0.3 is 6.03 Å². The van der Waals surface area contributed by atoms with Gasteiger partial charge < -0.3 is 16.0 Å². The monoisotopic (exact) mass is 394 g/mol. The van der Waals surface area contributed by atoms with Crippen LogP contribution in [0.3, 0.4) is 0 Å². The Kier molecular flexibility index (Phi) is 5.36. The Balaban J connectivity index is 1.66. The van der Waals surface area contributed by atoms with Gasteiger partial charge in [0.05, 0.1) is 0 Å². The highest BCUT2D eigenvalue weighted by Gasteiger charge is 2.43. The molecule has 1 heterocycles. The van der Waals surface area contributed by atoms with E-state index in [1.54, 1.807) is 49.4 Å². The Hall–Kier alpha value is -3.68. The van der Waals surface area contributed by atoms with Gasteiger partial charge in [-0.25, -0.2) is 4.79 Å². The molecule has 2 aromatic rings. The van der Waals surface area contributed by atoms with Crippen LogP contribution in [0.4, 0.5) is 10.5 Å². The molecule has 3 rings (SSSR count). The van der Waals surface area contributed by atoms with Gasteiger partial charge in [0.2, 0.25) is 5.91 Å². The summed E-state index contributed by atoms with van der Waals surface area (Å²) in [7, 11) is 0. The second-order valence-electron chi connectivity index (χ2n) is 7.12. The van der Waals surface area contributed by atoms with E-state index in [2.05, 4.69) is 21.3 Å². The number of benzene rings is 2. The molecule has 0 aliphatic carbocycles. The molecule has 1 fully saturated rings. The van der Waals surface area contributed by atoms with Gasteiger partial charge in [0.1, 0.15) is 5.54 Å². The molecule has 150 valence electrons. The Morgan fingerprint density at radius 3 is 2.34 bits per heavy atom. The first-order valence-corrected chi connectivity index (χ1v) is 9.08. The lowest BCUT2D eigenvalue weighted by molar-refractivity contribution is -0.123. The van der Waals surface area contributed by atoms with E-state index >= 15 is 0 Å². The van der Waals surface area contributed by atoms with E-state index in [1.165, 1.54) is 6.92 Å². The number of carbonyl (C=O) groups is 4. The first-order valence-electron chi connectivity index (χ1n) is 9.08. The van der Waals surface area contributed by atoms with E-state index in [1.807, 2.05) is 6.92 Å². The van der Waals surface area contributed by atoms with Crippen LogP contribution in [-0.2, 0) is 21.7 Å². The van der Waals surface area contributed by atoms with Gasteiger partial charge in [0.15, 0.2) is 0 Å². The summed E-state index contributed by atoms with van der Waals surface area (Å²) in [6.45, 7) is 5.19. The van der Waals surface area contributed by atoms with Crippen molar-refractivity contribution in [1.29, 1.82) is 0 Å². The number of hydrogen-bond donors (Lipinski definition) is 4. The number of carbonyl (C=O) groups excluding carboxylic acids is 4. The van der Waals surface area contributed by atoms with Gasteiger partial charge in [-0.2, -0.15) is 0 Å². The van der Waals surface area contributed by atoms with E-state index in [0.717, 1.165) is 11.1 Å². The number of anilines is 1. The average molecular weight is 394 g/mol. The third kappa shape index (κ3) is 4.26. The van der Waals surface area contributed by atoms with Gasteiger partial charge in [0.25, 0.3) is 11.8 Å². The molecule has 4 N–H and O–H groups in total. The summed E-state index contributed by atoms with van der Waals surface area (Å²) in [5.41, 5.74) is 2.28. The van der Waals surface area contributed by atoms with E-state index < -0.39 is 17.5 Å². The van der Waals surface area contributed by atoms with E-state index in [4.69, 9.17) is 0 Å². The standard InChI is InChI=1S/C21H22N4O4/c1-12-4-7-15(10-17(12)23-13(2)26)18(27)22-11-14-5-8-16(9-6-14)21(3)19(28)24-20(29)25-21/h4-10H,11H2,1-3H3,(H,22,27)(H,23,26)(H2,24,25,28,29).